The summed E-state index contributed by atoms with van der Waals surface area (Å²) in [6, 6.07) is 0. The molecule has 0 amide bonds. The number of hydrogen-bond acceptors (Lipinski definition) is 1. The Balaban J connectivity index is 2.18. The normalized spacial score (nSPS) is 25.5. The molecule has 0 spiro atoms. The van der Waals surface area contributed by atoms with Gasteiger partial charge < -0.3 is 0 Å². The van der Waals surface area contributed by atoms with Crippen LogP contribution in [0.2, 0.25) is 0 Å². The van der Waals surface area contributed by atoms with Gasteiger partial charge in [0.1, 0.15) is 0 Å². The molecular weight excluding hydrogens is 139 g/mol. The molecule has 1 aliphatic rings. The van der Waals surface area contributed by atoms with E-state index in [1.807, 2.05) is 0 Å². The summed E-state index contributed by atoms with van der Waals surface area (Å²) in [7, 11) is 0. The van der Waals surface area contributed by atoms with Gasteiger partial charge >= 0.3 is 45.9 Å². The summed E-state index contributed by atoms with van der Waals surface area (Å²) in [5.41, 5.74) is 0. The van der Waals surface area contributed by atoms with Gasteiger partial charge in [-0.2, -0.15) is 0 Å². The Morgan fingerprint density at radius 1 is 1.67 bits per heavy atom. The molecule has 35 valence electrons. The summed E-state index contributed by atoms with van der Waals surface area (Å²) < 4.78 is 5.10. The standard InChI is InChI=1S/C4H8AsO/c5-4-2-1-3-6-4/h1-3,5H2. The number of rotatable bonds is 0. The van der Waals surface area contributed by atoms with Crippen molar-refractivity contribution < 1.29 is 4.74 Å². The third-order valence-electron chi connectivity index (χ3n) is 0.855. The fraction of sp³-hybridized carbons (Fsp3) is 0.750. The first-order chi connectivity index (χ1) is 2.89. The fourth-order valence-electron chi connectivity index (χ4n) is 0.522. The van der Waals surface area contributed by atoms with Crippen LogP contribution in [-0.4, -0.2) is 23.5 Å². The molecule has 1 unspecified atom stereocenters. The molecule has 0 aromatic carbocycles. The molecule has 1 heterocycles. The molecule has 0 aromatic rings. The topological polar surface area (TPSA) is 9.23 Å². The molecule has 1 rings (SSSR count). The van der Waals surface area contributed by atoms with Crippen molar-refractivity contribution in [2.24, 2.45) is 0 Å². The van der Waals surface area contributed by atoms with E-state index in [0.717, 1.165) is 6.61 Å². The summed E-state index contributed by atoms with van der Waals surface area (Å²) in [6.45, 7) is 0.966. The average Bonchev–Trinajstić information content (AvgIpc) is 1.86. The van der Waals surface area contributed by atoms with E-state index in [0.29, 0.717) is 0 Å². The van der Waals surface area contributed by atoms with E-state index in [1.165, 1.54) is 17.7 Å². The quantitative estimate of drug-likeness (QED) is 0.435. The van der Waals surface area contributed by atoms with E-state index in [-0.39, 0.29) is 0 Å². The molecule has 2 heteroatoms. The Kier molecular flexibility index (Phi) is 1.55. The second-order valence-corrected chi connectivity index (χ2v) is 2.77. The van der Waals surface area contributed by atoms with Gasteiger partial charge in [-0.3, -0.25) is 0 Å². The minimum atomic E-state index is 0.966. The molecule has 1 atom stereocenters. The van der Waals surface area contributed by atoms with Crippen molar-refractivity contribution in [1.29, 1.82) is 0 Å². The number of hydrogen-bond donors (Lipinski definition) is 0. The molecule has 1 fully saturated rings. The van der Waals surface area contributed by atoms with Crippen LogP contribution in [0.15, 0.2) is 0 Å². The molecule has 1 nitrogen and oxygen atoms in total. The van der Waals surface area contributed by atoms with Crippen LogP contribution in [-0.2, 0) is 4.74 Å². The van der Waals surface area contributed by atoms with Gasteiger partial charge in [0, 0.05) is 0 Å². The predicted molar refractivity (Wildman–Crippen MR) is 27.0 cm³/mol. The molecule has 6 heavy (non-hydrogen) atoms. The molecule has 0 aromatic heterocycles. The summed E-state index contributed by atoms with van der Waals surface area (Å²) in [4.78, 5) is 1.27. The Hall–Kier alpha value is 0.518. The molecule has 0 bridgehead atoms. The van der Waals surface area contributed by atoms with Gasteiger partial charge in [-0.05, 0) is 0 Å². The van der Waals surface area contributed by atoms with Gasteiger partial charge in [0.05, 0.1) is 0 Å². The van der Waals surface area contributed by atoms with Gasteiger partial charge in [0.25, 0.3) is 0 Å². The summed E-state index contributed by atoms with van der Waals surface area (Å²) in [5, 5.41) is 0. The first kappa shape index (κ1) is 4.67. The third-order valence-corrected chi connectivity index (χ3v) is 1.81. The summed E-state index contributed by atoms with van der Waals surface area (Å²) in [6.07, 6.45) is 2.45. The number of ether oxygens (including phenoxy) is 1. The van der Waals surface area contributed by atoms with Crippen LogP contribution < -0.4 is 0 Å². The van der Waals surface area contributed by atoms with Gasteiger partial charge in [-0.1, -0.05) is 0 Å². The van der Waals surface area contributed by atoms with Crippen molar-refractivity contribution in [2.45, 2.75) is 12.8 Å². The van der Waals surface area contributed by atoms with E-state index in [1.54, 1.807) is 16.9 Å². The second kappa shape index (κ2) is 1.99. The van der Waals surface area contributed by atoms with Crippen molar-refractivity contribution >= 4 is 16.9 Å². The Morgan fingerprint density at radius 3 is 2.67 bits per heavy atom. The first-order valence-corrected chi connectivity index (χ1v) is 3.35. The van der Waals surface area contributed by atoms with Crippen molar-refractivity contribution in [3.8, 4) is 0 Å². The maximum atomic E-state index is 5.10. The molecular formula is C4H8AsO. The molecule has 0 aliphatic carbocycles. The van der Waals surface area contributed by atoms with E-state index >= 15 is 0 Å². The van der Waals surface area contributed by atoms with Crippen LogP contribution in [0, 0.1) is 4.89 Å². The predicted octanol–water partition coefficient (Wildman–Crippen LogP) is -0.0806. The minimum absolute atomic E-state index is 0.966. The van der Waals surface area contributed by atoms with E-state index in [9.17, 15) is 0 Å². The average molecular weight is 147 g/mol. The van der Waals surface area contributed by atoms with Crippen molar-refractivity contribution in [3.63, 3.8) is 0 Å². The zero-order valence-corrected chi connectivity index (χ0v) is 6.03. The Morgan fingerprint density at radius 2 is 2.50 bits per heavy atom. The third kappa shape index (κ3) is 0.990. The van der Waals surface area contributed by atoms with Crippen molar-refractivity contribution in [1.82, 2.24) is 0 Å². The van der Waals surface area contributed by atoms with Crippen LogP contribution in [0.5, 0.6) is 0 Å². The molecule has 0 N–H and O–H groups in total. The van der Waals surface area contributed by atoms with Crippen molar-refractivity contribution in [2.75, 3.05) is 6.61 Å². The van der Waals surface area contributed by atoms with Crippen molar-refractivity contribution in [3.05, 3.63) is 4.89 Å². The monoisotopic (exact) mass is 147 g/mol. The second-order valence-electron chi connectivity index (χ2n) is 1.42. The van der Waals surface area contributed by atoms with Gasteiger partial charge in [-0.25, -0.2) is 0 Å². The van der Waals surface area contributed by atoms with Crippen LogP contribution in [0.1, 0.15) is 12.8 Å². The molecule has 1 saturated heterocycles. The first-order valence-electron chi connectivity index (χ1n) is 2.14. The van der Waals surface area contributed by atoms with E-state index in [2.05, 4.69) is 0 Å². The molecule has 1 radical (unpaired) electrons. The Bertz CT molecular complexity index is 40.8. The van der Waals surface area contributed by atoms with E-state index < -0.39 is 0 Å². The molecule has 1 aliphatic heterocycles. The van der Waals surface area contributed by atoms with Crippen LogP contribution >= 0.6 is 0 Å². The van der Waals surface area contributed by atoms with Crippen LogP contribution in [0.25, 0.3) is 0 Å². The van der Waals surface area contributed by atoms with Gasteiger partial charge in [-0.15, -0.1) is 0 Å². The molecule has 0 saturated carbocycles. The fourth-order valence-corrected chi connectivity index (χ4v) is 1.20. The van der Waals surface area contributed by atoms with E-state index in [4.69, 9.17) is 4.74 Å². The summed E-state index contributed by atoms with van der Waals surface area (Å²) in [5.74, 6) is 0. The van der Waals surface area contributed by atoms with Gasteiger partial charge in [0.2, 0.25) is 0 Å². The van der Waals surface area contributed by atoms with Gasteiger partial charge in [0.15, 0.2) is 0 Å². The SMILES string of the molecule is [AsH2][C]1CCCO1. The Labute approximate surface area is 46.6 Å². The van der Waals surface area contributed by atoms with Crippen LogP contribution in [0.3, 0.4) is 0 Å². The zero-order valence-electron chi connectivity index (χ0n) is 3.61. The maximum absolute atomic E-state index is 5.10. The summed E-state index contributed by atoms with van der Waals surface area (Å²) >= 11 is 1.64. The van der Waals surface area contributed by atoms with Crippen LogP contribution in [0.4, 0.5) is 0 Å². The zero-order chi connectivity index (χ0) is 4.41.